The van der Waals surface area contributed by atoms with Crippen LogP contribution >= 0.6 is 0 Å². The molecule has 4 aromatic rings. The first kappa shape index (κ1) is 21.1. The third-order valence-electron chi connectivity index (χ3n) is 4.85. The normalized spacial score (nSPS) is 11.7. The van der Waals surface area contributed by atoms with E-state index in [2.05, 4.69) is 5.10 Å². The van der Waals surface area contributed by atoms with Crippen LogP contribution < -0.4 is 0 Å². The van der Waals surface area contributed by atoms with Crippen LogP contribution in [-0.2, 0) is 11.0 Å². The highest BCUT2D eigenvalue weighted by molar-refractivity contribution is 5.87. The van der Waals surface area contributed by atoms with E-state index in [1.807, 2.05) is 54.6 Å². The highest BCUT2D eigenvalue weighted by atomic mass is 19.4. The molecule has 3 aromatic carbocycles. The Kier molecular flexibility index (Phi) is 5.64. The van der Waals surface area contributed by atoms with Crippen LogP contribution in [0.4, 0.5) is 13.2 Å². The predicted octanol–water partition coefficient (Wildman–Crippen LogP) is 6.32. The average Bonchev–Trinajstić information content (AvgIpc) is 3.22. The van der Waals surface area contributed by atoms with E-state index >= 15 is 0 Å². The van der Waals surface area contributed by atoms with Crippen LogP contribution in [0, 0.1) is 0 Å². The van der Waals surface area contributed by atoms with E-state index < -0.39 is 17.7 Å². The van der Waals surface area contributed by atoms with Gasteiger partial charge in [0.15, 0.2) is 0 Å². The lowest BCUT2D eigenvalue weighted by Crippen LogP contribution is -2.06. The first-order chi connectivity index (χ1) is 15.3. The number of nitrogens with zero attached hydrogens (tertiary/aromatic N) is 2. The molecule has 32 heavy (non-hydrogen) atoms. The van der Waals surface area contributed by atoms with Crippen molar-refractivity contribution < 1.29 is 23.1 Å². The zero-order valence-electron chi connectivity index (χ0n) is 16.6. The summed E-state index contributed by atoms with van der Waals surface area (Å²) in [6, 6.07) is 22.1. The summed E-state index contributed by atoms with van der Waals surface area (Å²) in [6.45, 7) is 0. The van der Waals surface area contributed by atoms with Gasteiger partial charge in [-0.1, -0.05) is 60.7 Å². The van der Waals surface area contributed by atoms with E-state index in [4.69, 9.17) is 5.11 Å². The average molecular weight is 434 g/mol. The van der Waals surface area contributed by atoms with Crippen LogP contribution in [0.5, 0.6) is 0 Å². The lowest BCUT2D eigenvalue weighted by molar-refractivity contribution is -0.137. The van der Waals surface area contributed by atoms with Crippen molar-refractivity contribution in [3.05, 3.63) is 102 Å². The second kappa shape index (κ2) is 8.55. The summed E-state index contributed by atoms with van der Waals surface area (Å²) in [4.78, 5) is 11.0. The lowest BCUT2D eigenvalue weighted by atomic mass is 10.0. The Bertz CT molecular complexity index is 1270. The van der Waals surface area contributed by atoms with E-state index in [0.29, 0.717) is 16.8 Å². The molecule has 0 unspecified atom stereocenters. The molecule has 0 atom stereocenters. The molecule has 1 N–H and O–H groups in total. The molecular formula is C25H17F3N2O2. The minimum absolute atomic E-state index is 0.219. The zero-order chi connectivity index (χ0) is 22.7. The molecule has 0 bridgehead atoms. The molecule has 7 heteroatoms. The van der Waals surface area contributed by atoms with E-state index in [1.54, 1.807) is 0 Å². The van der Waals surface area contributed by atoms with Crippen molar-refractivity contribution in [3.8, 4) is 28.1 Å². The fraction of sp³-hybridized carbons (Fsp3) is 0.0400. The van der Waals surface area contributed by atoms with Crippen LogP contribution in [0.25, 0.3) is 34.1 Å². The molecule has 0 aliphatic rings. The van der Waals surface area contributed by atoms with Crippen molar-refractivity contribution in [2.45, 2.75) is 6.18 Å². The Labute approximate surface area is 181 Å². The molecular weight excluding hydrogens is 417 g/mol. The first-order valence-electron chi connectivity index (χ1n) is 9.65. The number of rotatable bonds is 5. The van der Waals surface area contributed by atoms with E-state index in [9.17, 15) is 18.0 Å². The van der Waals surface area contributed by atoms with Gasteiger partial charge in [-0.2, -0.15) is 18.3 Å². The second-order valence-corrected chi connectivity index (χ2v) is 7.04. The van der Waals surface area contributed by atoms with Gasteiger partial charge in [0.05, 0.1) is 16.9 Å². The maximum absolute atomic E-state index is 13.1. The standard InChI is InChI=1S/C25H17F3N2O2/c26-25(27,28)21-7-4-8-22(15-21)30-16-20(13-14-23(31)32)24(29-30)19-11-9-18(10-12-19)17-5-2-1-3-6-17/h1-16H,(H,31,32)/b14-13+. The van der Waals surface area contributed by atoms with E-state index in [0.717, 1.165) is 29.3 Å². The van der Waals surface area contributed by atoms with Gasteiger partial charge >= 0.3 is 12.1 Å². The molecule has 4 rings (SSSR count). The first-order valence-corrected chi connectivity index (χ1v) is 9.65. The molecule has 0 spiro atoms. The van der Waals surface area contributed by atoms with Gasteiger partial charge in [0.1, 0.15) is 0 Å². The summed E-state index contributed by atoms with van der Waals surface area (Å²) in [6.07, 6.45) is -0.629. The van der Waals surface area contributed by atoms with Crippen LogP contribution in [0.1, 0.15) is 11.1 Å². The van der Waals surface area contributed by atoms with Gasteiger partial charge in [-0.05, 0) is 35.4 Å². The molecule has 0 saturated heterocycles. The van der Waals surface area contributed by atoms with Gasteiger partial charge in [0.2, 0.25) is 0 Å². The summed E-state index contributed by atoms with van der Waals surface area (Å²) in [5.74, 6) is -1.14. The topological polar surface area (TPSA) is 55.1 Å². The third kappa shape index (κ3) is 4.62. The van der Waals surface area contributed by atoms with E-state index in [1.165, 1.54) is 29.1 Å². The molecule has 0 amide bonds. The quantitative estimate of drug-likeness (QED) is 0.374. The number of carboxylic acids is 1. The Morgan fingerprint density at radius 1 is 0.875 bits per heavy atom. The number of halogens is 3. The molecule has 0 aliphatic carbocycles. The summed E-state index contributed by atoms with van der Waals surface area (Å²) in [7, 11) is 0. The Morgan fingerprint density at radius 2 is 1.53 bits per heavy atom. The fourth-order valence-corrected chi connectivity index (χ4v) is 3.30. The molecule has 0 aliphatic heterocycles. The molecule has 1 aromatic heterocycles. The van der Waals surface area contributed by atoms with Crippen molar-refractivity contribution in [1.29, 1.82) is 0 Å². The monoisotopic (exact) mass is 434 g/mol. The Balaban J connectivity index is 1.76. The molecule has 4 nitrogen and oxygen atoms in total. The van der Waals surface area contributed by atoms with Crippen molar-refractivity contribution in [2.75, 3.05) is 0 Å². The summed E-state index contributed by atoms with van der Waals surface area (Å²) >= 11 is 0. The van der Waals surface area contributed by atoms with Gasteiger partial charge in [0, 0.05) is 23.4 Å². The number of carbonyl (C=O) groups is 1. The van der Waals surface area contributed by atoms with Gasteiger partial charge in [-0.25, -0.2) is 9.48 Å². The van der Waals surface area contributed by atoms with Crippen molar-refractivity contribution in [1.82, 2.24) is 9.78 Å². The van der Waals surface area contributed by atoms with Crippen LogP contribution in [0.2, 0.25) is 0 Å². The number of aromatic nitrogens is 2. The van der Waals surface area contributed by atoms with Crippen LogP contribution in [0.3, 0.4) is 0 Å². The number of alkyl halides is 3. The summed E-state index contributed by atoms with van der Waals surface area (Å²) in [5.41, 5.74) is 3.10. The lowest BCUT2D eigenvalue weighted by Gasteiger charge is -2.08. The molecule has 0 fully saturated rings. The van der Waals surface area contributed by atoms with Crippen molar-refractivity contribution in [3.63, 3.8) is 0 Å². The SMILES string of the molecule is O=C(O)/C=C/c1cn(-c2cccc(C(F)(F)F)c2)nc1-c1ccc(-c2ccccc2)cc1. The minimum atomic E-state index is -4.48. The number of benzene rings is 3. The Hall–Kier alpha value is -4.13. The van der Waals surface area contributed by atoms with Crippen LogP contribution in [-0.4, -0.2) is 20.9 Å². The molecule has 1 heterocycles. The Morgan fingerprint density at radius 3 is 2.19 bits per heavy atom. The van der Waals surface area contributed by atoms with Crippen molar-refractivity contribution in [2.24, 2.45) is 0 Å². The fourth-order valence-electron chi connectivity index (χ4n) is 3.30. The second-order valence-electron chi connectivity index (χ2n) is 7.04. The molecule has 160 valence electrons. The minimum Gasteiger partial charge on any atom is -0.478 e. The van der Waals surface area contributed by atoms with Gasteiger partial charge < -0.3 is 5.11 Å². The molecule has 0 saturated carbocycles. The maximum atomic E-state index is 13.1. The van der Waals surface area contributed by atoms with E-state index in [-0.39, 0.29) is 5.69 Å². The van der Waals surface area contributed by atoms with Gasteiger partial charge in [-0.3, -0.25) is 0 Å². The smallest absolute Gasteiger partial charge is 0.416 e. The maximum Gasteiger partial charge on any atom is 0.416 e. The largest absolute Gasteiger partial charge is 0.478 e. The van der Waals surface area contributed by atoms with Crippen LogP contribution in [0.15, 0.2) is 91.1 Å². The number of hydrogen-bond donors (Lipinski definition) is 1. The van der Waals surface area contributed by atoms with Crippen molar-refractivity contribution >= 4 is 12.0 Å². The van der Waals surface area contributed by atoms with Gasteiger partial charge in [0.25, 0.3) is 0 Å². The highest BCUT2D eigenvalue weighted by Crippen LogP contribution is 2.32. The molecule has 0 radical (unpaired) electrons. The number of hydrogen-bond acceptors (Lipinski definition) is 2. The number of carboxylic acid groups (broad SMARTS) is 1. The predicted molar refractivity (Wildman–Crippen MR) is 116 cm³/mol. The zero-order valence-corrected chi connectivity index (χ0v) is 16.6. The summed E-state index contributed by atoms with van der Waals surface area (Å²) in [5, 5.41) is 13.5. The highest BCUT2D eigenvalue weighted by Gasteiger charge is 2.30. The van der Waals surface area contributed by atoms with Gasteiger partial charge in [-0.15, -0.1) is 0 Å². The number of aliphatic carboxylic acids is 1. The third-order valence-corrected chi connectivity index (χ3v) is 4.85. The summed E-state index contributed by atoms with van der Waals surface area (Å²) < 4.78 is 40.7.